The Hall–Kier alpha value is -2.70. The van der Waals surface area contributed by atoms with Crippen molar-refractivity contribution in [3.8, 4) is 0 Å². The molecule has 130 valence electrons. The first-order valence-electron chi connectivity index (χ1n) is 8.65. The summed E-state index contributed by atoms with van der Waals surface area (Å²) in [5.74, 6) is 0.397. The summed E-state index contributed by atoms with van der Waals surface area (Å²) in [6.07, 6.45) is 5.93. The van der Waals surface area contributed by atoms with Gasteiger partial charge in [0.05, 0.1) is 29.4 Å². The van der Waals surface area contributed by atoms with E-state index in [1.165, 1.54) is 0 Å². The Morgan fingerprint density at radius 1 is 1.44 bits per heavy atom. The van der Waals surface area contributed by atoms with Crippen molar-refractivity contribution in [1.29, 1.82) is 0 Å². The van der Waals surface area contributed by atoms with Crippen LogP contribution in [0, 0.1) is 6.92 Å². The molecule has 4 rings (SSSR count). The van der Waals surface area contributed by atoms with Crippen molar-refractivity contribution < 1.29 is 4.79 Å². The smallest absolute Gasteiger partial charge is 0.252 e. The Labute approximate surface area is 146 Å². The molecular formula is C18H22N6O. The van der Waals surface area contributed by atoms with E-state index in [0.717, 1.165) is 35.3 Å². The number of hydrogen-bond acceptors (Lipinski definition) is 4. The van der Waals surface area contributed by atoms with Crippen LogP contribution in [0.1, 0.15) is 47.4 Å². The molecule has 1 atom stereocenters. The van der Waals surface area contributed by atoms with Crippen LogP contribution in [0.3, 0.4) is 0 Å². The summed E-state index contributed by atoms with van der Waals surface area (Å²) in [5, 5.41) is 12.5. The van der Waals surface area contributed by atoms with Crippen molar-refractivity contribution >= 4 is 16.9 Å². The van der Waals surface area contributed by atoms with E-state index in [1.54, 1.807) is 10.9 Å². The van der Waals surface area contributed by atoms with Crippen LogP contribution in [-0.4, -0.2) is 36.5 Å². The van der Waals surface area contributed by atoms with Crippen LogP contribution in [0.4, 0.5) is 0 Å². The van der Waals surface area contributed by atoms with Crippen molar-refractivity contribution in [2.75, 3.05) is 0 Å². The van der Waals surface area contributed by atoms with Crippen molar-refractivity contribution in [2.24, 2.45) is 7.05 Å². The van der Waals surface area contributed by atoms with Gasteiger partial charge in [-0.3, -0.25) is 14.2 Å². The highest BCUT2D eigenvalue weighted by atomic mass is 16.1. The second kappa shape index (κ2) is 5.98. The minimum atomic E-state index is -0.0846. The Balaban J connectivity index is 1.58. The fourth-order valence-corrected chi connectivity index (χ4v) is 3.10. The van der Waals surface area contributed by atoms with E-state index in [4.69, 9.17) is 4.98 Å². The van der Waals surface area contributed by atoms with Gasteiger partial charge in [0.2, 0.25) is 0 Å². The van der Waals surface area contributed by atoms with Gasteiger partial charge in [-0.1, -0.05) is 0 Å². The van der Waals surface area contributed by atoms with E-state index in [1.807, 2.05) is 43.9 Å². The highest BCUT2D eigenvalue weighted by Gasteiger charge is 2.28. The molecule has 25 heavy (non-hydrogen) atoms. The summed E-state index contributed by atoms with van der Waals surface area (Å²) in [6.45, 7) is 4.57. The molecule has 0 aliphatic heterocycles. The molecule has 1 fully saturated rings. The second-order valence-electron chi connectivity index (χ2n) is 6.93. The number of fused-ring (bicyclic) bond motifs is 1. The van der Waals surface area contributed by atoms with Crippen LogP contribution in [-0.2, 0) is 13.6 Å². The average molecular weight is 338 g/mol. The van der Waals surface area contributed by atoms with Gasteiger partial charge in [0.15, 0.2) is 5.65 Å². The van der Waals surface area contributed by atoms with Crippen molar-refractivity contribution in [3.63, 3.8) is 0 Å². The van der Waals surface area contributed by atoms with Gasteiger partial charge in [0.25, 0.3) is 5.91 Å². The summed E-state index contributed by atoms with van der Waals surface area (Å²) in [6, 6.07) is 3.86. The Kier molecular flexibility index (Phi) is 3.78. The molecule has 0 spiro atoms. The average Bonchev–Trinajstić information content (AvgIpc) is 3.25. The number of nitrogens with zero attached hydrogens (tertiary/aromatic N) is 5. The second-order valence-corrected chi connectivity index (χ2v) is 6.93. The number of carbonyl (C=O) groups is 1. The molecular weight excluding hydrogens is 316 g/mol. The number of amides is 1. The lowest BCUT2D eigenvalue weighted by molar-refractivity contribution is 0.0937. The van der Waals surface area contributed by atoms with Crippen LogP contribution < -0.4 is 5.32 Å². The van der Waals surface area contributed by atoms with Gasteiger partial charge in [-0.15, -0.1) is 0 Å². The third kappa shape index (κ3) is 3.14. The van der Waals surface area contributed by atoms with E-state index >= 15 is 0 Å². The lowest BCUT2D eigenvalue weighted by Crippen LogP contribution is -2.36. The molecule has 0 unspecified atom stereocenters. The number of pyridine rings is 1. The summed E-state index contributed by atoms with van der Waals surface area (Å²) < 4.78 is 3.58. The number of nitrogens with one attached hydrogen (secondary N) is 1. The molecule has 3 aromatic heterocycles. The Morgan fingerprint density at radius 2 is 2.24 bits per heavy atom. The maximum atomic E-state index is 12.9. The molecule has 0 bridgehead atoms. The molecule has 1 amide bonds. The predicted molar refractivity (Wildman–Crippen MR) is 94.4 cm³/mol. The lowest BCUT2D eigenvalue weighted by Gasteiger charge is -2.15. The first-order chi connectivity index (χ1) is 12.0. The number of aromatic nitrogens is 5. The molecule has 7 heteroatoms. The first kappa shape index (κ1) is 15.8. The normalized spacial score (nSPS) is 15.5. The van der Waals surface area contributed by atoms with Gasteiger partial charge in [0, 0.05) is 30.9 Å². The predicted octanol–water partition coefficient (Wildman–Crippen LogP) is 2.17. The number of hydrogen-bond donors (Lipinski definition) is 1. The van der Waals surface area contributed by atoms with Crippen molar-refractivity contribution in [2.45, 2.75) is 45.2 Å². The third-order valence-corrected chi connectivity index (χ3v) is 4.58. The summed E-state index contributed by atoms with van der Waals surface area (Å²) >= 11 is 0. The van der Waals surface area contributed by atoms with E-state index in [0.29, 0.717) is 18.0 Å². The van der Waals surface area contributed by atoms with Crippen LogP contribution in [0.25, 0.3) is 11.0 Å². The van der Waals surface area contributed by atoms with Crippen molar-refractivity contribution in [1.82, 2.24) is 29.9 Å². The molecule has 1 saturated carbocycles. The van der Waals surface area contributed by atoms with E-state index in [2.05, 4.69) is 15.5 Å². The standard InChI is InChI=1S/C18H22N6O/c1-11-6-7-24(22-11)10-12(2)20-18(25)14-8-16(13-4-5-13)21-17-15(14)9-19-23(17)3/h6-9,12-13H,4-5,10H2,1-3H3,(H,20,25)/t12-/m1/s1. The molecule has 7 nitrogen and oxygen atoms in total. The van der Waals surface area contributed by atoms with Crippen LogP contribution in [0.15, 0.2) is 24.5 Å². The largest absolute Gasteiger partial charge is 0.348 e. The Bertz CT molecular complexity index is 936. The summed E-state index contributed by atoms with van der Waals surface area (Å²) in [4.78, 5) is 17.6. The molecule has 1 aliphatic rings. The summed E-state index contributed by atoms with van der Waals surface area (Å²) in [5.41, 5.74) is 3.39. The SMILES string of the molecule is Cc1ccn(C[C@@H](C)NC(=O)c2cc(C3CC3)nc3c2cnn3C)n1. The maximum Gasteiger partial charge on any atom is 0.252 e. The topological polar surface area (TPSA) is 77.6 Å². The zero-order valence-electron chi connectivity index (χ0n) is 14.7. The number of aryl methyl sites for hydroxylation is 2. The van der Waals surface area contributed by atoms with Crippen LogP contribution in [0.2, 0.25) is 0 Å². The van der Waals surface area contributed by atoms with Gasteiger partial charge in [-0.25, -0.2) is 4.98 Å². The minimum absolute atomic E-state index is 0.0314. The van der Waals surface area contributed by atoms with Crippen LogP contribution >= 0.6 is 0 Å². The molecule has 1 aliphatic carbocycles. The van der Waals surface area contributed by atoms with Gasteiger partial charge in [-0.2, -0.15) is 10.2 Å². The first-order valence-corrected chi connectivity index (χ1v) is 8.65. The fourth-order valence-electron chi connectivity index (χ4n) is 3.10. The monoisotopic (exact) mass is 338 g/mol. The number of carbonyl (C=O) groups excluding carboxylic acids is 1. The number of rotatable bonds is 5. The van der Waals surface area contributed by atoms with Gasteiger partial charge in [0.1, 0.15) is 0 Å². The molecule has 3 aromatic rings. The van der Waals surface area contributed by atoms with Gasteiger partial charge in [-0.05, 0) is 38.8 Å². The third-order valence-electron chi connectivity index (χ3n) is 4.58. The fraction of sp³-hybridized carbons (Fsp3) is 0.444. The molecule has 3 heterocycles. The molecule has 0 saturated heterocycles. The zero-order chi connectivity index (χ0) is 17.6. The minimum Gasteiger partial charge on any atom is -0.348 e. The summed E-state index contributed by atoms with van der Waals surface area (Å²) in [7, 11) is 1.86. The van der Waals surface area contributed by atoms with Gasteiger partial charge < -0.3 is 5.32 Å². The highest BCUT2D eigenvalue weighted by Crippen LogP contribution is 2.40. The van der Waals surface area contributed by atoms with E-state index < -0.39 is 0 Å². The van der Waals surface area contributed by atoms with E-state index in [9.17, 15) is 4.79 Å². The Morgan fingerprint density at radius 3 is 2.92 bits per heavy atom. The maximum absolute atomic E-state index is 12.9. The molecule has 0 aromatic carbocycles. The highest BCUT2D eigenvalue weighted by molar-refractivity contribution is 6.05. The zero-order valence-corrected chi connectivity index (χ0v) is 14.7. The lowest BCUT2D eigenvalue weighted by atomic mass is 10.1. The van der Waals surface area contributed by atoms with Crippen molar-refractivity contribution in [3.05, 3.63) is 41.5 Å². The van der Waals surface area contributed by atoms with Gasteiger partial charge >= 0.3 is 0 Å². The molecule has 1 N–H and O–H groups in total. The van der Waals surface area contributed by atoms with Crippen LogP contribution in [0.5, 0.6) is 0 Å². The molecule has 0 radical (unpaired) electrons. The quantitative estimate of drug-likeness (QED) is 0.773. The van der Waals surface area contributed by atoms with E-state index in [-0.39, 0.29) is 11.9 Å².